The van der Waals surface area contributed by atoms with Crippen molar-refractivity contribution in [2.45, 2.75) is 32.0 Å². The lowest BCUT2D eigenvalue weighted by Crippen LogP contribution is -2.26. The second-order valence-electron chi connectivity index (χ2n) is 6.30. The molecular weight excluding hydrogens is 332 g/mol. The summed E-state index contributed by atoms with van der Waals surface area (Å²) in [4.78, 5) is 23.1. The molecule has 1 unspecified atom stereocenters. The van der Waals surface area contributed by atoms with E-state index < -0.39 is 5.97 Å². The molecule has 2 aromatic rings. The van der Waals surface area contributed by atoms with E-state index in [1.165, 1.54) is 0 Å². The minimum absolute atomic E-state index is 0.0990. The Bertz CT molecular complexity index is 785. The highest BCUT2D eigenvalue weighted by Crippen LogP contribution is 2.16. The summed E-state index contributed by atoms with van der Waals surface area (Å²) in [6, 6.07) is 14.5. The van der Waals surface area contributed by atoms with E-state index in [4.69, 9.17) is 9.84 Å². The summed E-state index contributed by atoms with van der Waals surface area (Å²) < 4.78 is 5.39. The van der Waals surface area contributed by atoms with Gasteiger partial charge >= 0.3 is 5.97 Å². The first-order chi connectivity index (χ1) is 12.6. The normalized spacial score (nSPS) is 16.4. The molecule has 136 valence electrons. The number of aromatic carboxylic acids is 1. The van der Waals surface area contributed by atoms with Gasteiger partial charge in [-0.25, -0.2) is 4.79 Å². The Morgan fingerprint density at radius 1 is 1.08 bits per heavy atom. The molecule has 0 bridgehead atoms. The fourth-order valence-electron chi connectivity index (χ4n) is 2.93. The number of carbonyl (C=O) groups excluding carboxylic acids is 1. The van der Waals surface area contributed by atoms with Crippen LogP contribution >= 0.6 is 0 Å². The first-order valence-corrected chi connectivity index (χ1v) is 8.66. The van der Waals surface area contributed by atoms with Gasteiger partial charge in [0.25, 0.3) is 5.91 Å². The van der Waals surface area contributed by atoms with Crippen LogP contribution in [0.5, 0.6) is 0 Å². The third kappa shape index (κ3) is 4.91. The van der Waals surface area contributed by atoms with Gasteiger partial charge in [-0.15, -0.1) is 0 Å². The minimum Gasteiger partial charge on any atom is -0.478 e. The fraction of sp³-hybridized carbons (Fsp3) is 0.300. The van der Waals surface area contributed by atoms with Crippen molar-refractivity contribution >= 4 is 17.6 Å². The summed E-state index contributed by atoms with van der Waals surface area (Å²) in [5, 5.41) is 15.2. The maximum Gasteiger partial charge on any atom is 0.335 e. The van der Waals surface area contributed by atoms with Crippen LogP contribution in [-0.2, 0) is 22.6 Å². The van der Waals surface area contributed by atoms with Crippen LogP contribution in [-0.4, -0.2) is 29.7 Å². The fourth-order valence-corrected chi connectivity index (χ4v) is 2.93. The number of ether oxygens (including phenoxy) is 1. The number of carboxylic acid groups (broad SMARTS) is 1. The van der Waals surface area contributed by atoms with E-state index in [2.05, 4.69) is 10.6 Å². The zero-order valence-corrected chi connectivity index (χ0v) is 14.4. The van der Waals surface area contributed by atoms with Crippen molar-refractivity contribution in [1.29, 1.82) is 0 Å². The molecule has 6 nitrogen and oxygen atoms in total. The summed E-state index contributed by atoms with van der Waals surface area (Å²) in [7, 11) is 0. The average Bonchev–Trinajstić information content (AvgIpc) is 3.17. The van der Waals surface area contributed by atoms with Gasteiger partial charge in [-0.2, -0.15) is 0 Å². The second-order valence-corrected chi connectivity index (χ2v) is 6.30. The number of benzene rings is 2. The van der Waals surface area contributed by atoms with Crippen LogP contribution in [0.25, 0.3) is 0 Å². The molecule has 0 aromatic heterocycles. The number of hydrogen-bond acceptors (Lipinski definition) is 4. The monoisotopic (exact) mass is 354 g/mol. The number of hydrogen-bond donors (Lipinski definition) is 3. The number of rotatable bonds is 7. The summed E-state index contributed by atoms with van der Waals surface area (Å²) in [5.74, 6) is -1.03. The Kier molecular flexibility index (Phi) is 5.99. The number of carboxylic acids is 1. The van der Waals surface area contributed by atoms with E-state index in [-0.39, 0.29) is 17.6 Å². The molecule has 0 aliphatic carbocycles. The van der Waals surface area contributed by atoms with Gasteiger partial charge < -0.3 is 20.5 Å². The molecule has 26 heavy (non-hydrogen) atoms. The Balaban J connectivity index is 1.53. The van der Waals surface area contributed by atoms with Gasteiger partial charge in [0, 0.05) is 25.4 Å². The number of carbonyl (C=O) groups is 2. The smallest absolute Gasteiger partial charge is 0.335 e. The molecule has 6 heteroatoms. The van der Waals surface area contributed by atoms with E-state index >= 15 is 0 Å². The molecule has 2 aromatic carbocycles. The van der Waals surface area contributed by atoms with Gasteiger partial charge in [0.15, 0.2) is 0 Å². The first-order valence-electron chi connectivity index (χ1n) is 8.66. The van der Waals surface area contributed by atoms with Crippen LogP contribution in [0.1, 0.15) is 34.3 Å². The van der Waals surface area contributed by atoms with E-state index in [0.29, 0.717) is 19.7 Å². The number of anilines is 1. The lowest BCUT2D eigenvalue weighted by Gasteiger charge is -2.12. The maximum atomic E-state index is 12.1. The van der Waals surface area contributed by atoms with Crippen molar-refractivity contribution in [3.63, 3.8) is 0 Å². The van der Waals surface area contributed by atoms with Gasteiger partial charge in [0.2, 0.25) is 0 Å². The molecule has 0 saturated carbocycles. The maximum absolute atomic E-state index is 12.1. The average molecular weight is 354 g/mol. The van der Waals surface area contributed by atoms with Gasteiger partial charge in [0.05, 0.1) is 5.56 Å². The zero-order chi connectivity index (χ0) is 18.4. The summed E-state index contributed by atoms with van der Waals surface area (Å²) in [6.07, 6.45) is 1.34. The van der Waals surface area contributed by atoms with Crippen molar-refractivity contribution in [2.24, 2.45) is 0 Å². The third-order valence-electron chi connectivity index (χ3n) is 4.25. The largest absolute Gasteiger partial charge is 0.478 e. The number of nitrogens with one attached hydrogen (secondary N) is 2. The topological polar surface area (TPSA) is 87.7 Å². The molecule has 1 heterocycles. The van der Waals surface area contributed by atoms with Crippen LogP contribution < -0.4 is 10.6 Å². The minimum atomic E-state index is -0.929. The lowest BCUT2D eigenvalue weighted by atomic mass is 10.1. The van der Waals surface area contributed by atoms with Crippen LogP contribution in [0, 0.1) is 0 Å². The predicted octanol–water partition coefficient (Wildman–Crippen LogP) is 2.79. The summed E-state index contributed by atoms with van der Waals surface area (Å²) >= 11 is 0. The highest BCUT2D eigenvalue weighted by molar-refractivity contribution is 5.94. The Morgan fingerprint density at radius 3 is 2.50 bits per heavy atom. The molecule has 1 amide bonds. The first kappa shape index (κ1) is 18.1. The predicted molar refractivity (Wildman–Crippen MR) is 98.0 cm³/mol. The van der Waals surface area contributed by atoms with E-state index in [1.807, 2.05) is 30.3 Å². The Hall–Kier alpha value is -2.70. The van der Waals surface area contributed by atoms with Gasteiger partial charge in [-0.05, 0) is 48.2 Å². The van der Waals surface area contributed by atoms with E-state index in [9.17, 15) is 9.59 Å². The van der Waals surface area contributed by atoms with Crippen LogP contribution in [0.3, 0.4) is 0 Å². The lowest BCUT2D eigenvalue weighted by molar-refractivity contribution is -0.124. The van der Waals surface area contributed by atoms with Gasteiger partial charge in [-0.1, -0.05) is 24.3 Å². The molecule has 1 atom stereocenters. The van der Waals surface area contributed by atoms with E-state index in [0.717, 1.165) is 29.7 Å². The van der Waals surface area contributed by atoms with Gasteiger partial charge in [0.1, 0.15) is 6.10 Å². The molecule has 3 N–H and O–H groups in total. The van der Waals surface area contributed by atoms with Crippen LogP contribution in [0.4, 0.5) is 5.69 Å². The van der Waals surface area contributed by atoms with Crippen molar-refractivity contribution in [3.8, 4) is 0 Å². The molecule has 1 saturated heterocycles. The van der Waals surface area contributed by atoms with Gasteiger partial charge in [-0.3, -0.25) is 4.79 Å². The van der Waals surface area contributed by atoms with Crippen LogP contribution in [0.2, 0.25) is 0 Å². The summed E-state index contributed by atoms with van der Waals surface area (Å²) in [5.41, 5.74) is 2.97. The molecule has 3 rings (SSSR count). The quantitative estimate of drug-likeness (QED) is 0.712. The molecule has 1 fully saturated rings. The third-order valence-corrected chi connectivity index (χ3v) is 4.25. The molecule has 0 radical (unpaired) electrons. The van der Waals surface area contributed by atoms with Crippen LogP contribution in [0.15, 0.2) is 48.5 Å². The van der Waals surface area contributed by atoms with Crippen molar-refractivity contribution < 1.29 is 19.4 Å². The Morgan fingerprint density at radius 2 is 1.81 bits per heavy atom. The molecule has 1 aliphatic rings. The summed E-state index contributed by atoms with van der Waals surface area (Å²) in [6.45, 7) is 1.82. The SMILES string of the molecule is O=C(O)c1cccc(CNCc2cccc(NC(=O)C3CCCO3)c2)c1. The molecular formula is C20H22N2O4. The standard InChI is InChI=1S/C20H22N2O4/c23-19(18-8-3-9-26-18)22-17-7-2-5-15(11-17)13-21-12-14-4-1-6-16(10-14)20(24)25/h1-2,4-7,10-11,18,21H,3,8-9,12-13H2,(H,22,23)(H,24,25). The Labute approximate surface area is 152 Å². The second kappa shape index (κ2) is 8.60. The molecule has 0 spiro atoms. The zero-order valence-electron chi connectivity index (χ0n) is 14.4. The highest BCUT2D eigenvalue weighted by atomic mass is 16.5. The van der Waals surface area contributed by atoms with Crippen molar-refractivity contribution in [3.05, 3.63) is 65.2 Å². The van der Waals surface area contributed by atoms with Crippen molar-refractivity contribution in [1.82, 2.24) is 5.32 Å². The number of amides is 1. The molecule has 1 aliphatic heterocycles. The highest BCUT2D eigenvalue weighted by Gasteiger charge is 2.23. The van der Waals surface area contributed by atoms with E-state index in [1.54, 1.807) is 18.2 Å². The van der Waals surface area contributed by atoms with Crippen molar-refractivity contribution in [2.75, 3.05) is 11.9 Å².